The quantitative estimate of drug-likeness (QED) is 0.829. The third-order valence-corrected chi connectivity index (χ3v) is 3.74. The fraction of sp³-hybridized carbons (Fsp3) is 0.381. The summed E-state index contributed by atoms with van der Waals surface area (Å²) in [6.07, 6.45) is 2.39. The number of benzene rings is 1. The van der Waals surface area contributed by atoms with Crippen LogP contribution < -0.4 is 5.32 Å². The number of carbonyl (C=O) groups is 2. The number of amides is 1. The average molecular weight is 338 g/mol. The first-order valence-electron chi connectivity index (χ1n) is 8.46. The number of ketones is 1. The molecule has 0 saturated heterocycles. The lowest BCUT2D eigenvalue weighted by Gasteiger charge is -2.33. The zero-order valence-corrected chi connectivity index (χ0v) is 15.6. The Hall–Kier alpha value is -2.49. The molecule has 0 radical (unpaired) electrons. The third kappa shape index (κ3) is 5.24. The van der Waals surface area contributed by atoms with Crippen LogP contribution in [0.4, 0.5) is 0 Å². The van der Waals surface area contributed by atoms with E-state index in [2.05, 4.69) is 31.1 Å². The molecule has 1 aromatic heterocycles. The summed E-state index contributed by atoms with van der Waals surface area (Å²) in [5, 5.41) is 3.06. The van der Waals surface area contributed by atoms with Gasteiger partial charge in [-0.2, -0.15) is 0 Å². The van der Waals surface area contributed by atoms with Crippen molar-refractivity contribution in [3.63, 3.8) is 0 Å². The minimum atomic E-state index is -0.378. The highest BCUT2D eigenvalue weighted by atomic mass is 16.2. The van der Waals surface area contributed by atoms with Crippen molar-refractivity contribution in [3.05, 3.63) is 65.5 Å². The largest absolute Gasteiger partial charge is 0.347 e. The molecule has 0 fully saturated rings. The van der Waals surface area contributed by atoms with E-state index >= 15 is 0 Å². The summed E-state index contributed by atoms with van der Waals surface area (Å²) >= 11 is 0. The lowest BCUT2D eigenvalue weighted by atomic mass is 9.81. The molecule has 1 amide bonds. The number of carbonyl (C=O) groups excluding carboxylic acids is 2. The Kier molecular flexibility index (Phi) is 5.41. The van der Waals surface area contributed by atoms with Crippen LogP contribution in [0.2, 0.25) is 0 Å². The van der Waals surface area contributed by atoms with Gasteiger partial charge < -0.3 is 5.32 Å². The molecule has 0 spiro atoms. The Morgan fingerprint density at radius 2 is 1.52 bits per heavy atom. The van der Waals surface area contributed by atoms with Crippen LogP contribution in [0.3, 0.4) is 0 Å². The highest BCUT2D eigenvalue weighted by Crippen LogP contribution is 2.27. The topological polar surface area (TPSA) is 59.1 Å². The van der Waals surface area contributed by atoms with Gasteiger partial charge in [-0.3, -0.25) is 14.6 Å². The van der Waals surface area contributed by atoms with Gasteiger partial charge in [0.2, 0.25) is 5.78 Å². The smallest absolute Gasteiger partial charge is 0.252 e. The van der Waals surface area contributed by atoms with Gasteiger partial charge in [-0.25, -0.2) is 0 Å². The normalized spacial score (nSPS) is 11.9. The molecule has 0 aliphatic carbocycles. The van der Waals surface area contributed by atoms with E-state index in [-0.39, 0.29) is 22.6 Å². The molecule has 0 saturated carbocycles. The van der Waals surface area contributed by atoms with E-state index in [0.29, 0.717) is 16.8 Å². The van der Waals surface area contributed by atoms with Gasteiger partial charge in [0.1, 0.15) is 5.69 Å². The van der Waals surface area contributed by atoms with E-state index in [4.69, 9.17) is 0 Å². The number of hydrogen-bond donors (Lipinski definition) is 1. The van der Waals surface area contributed by atoms with Crippen LogP contribution in [0.15, 0.2) is 48.7 Å². The zero-order valence-electron chi connectivity index (χ0n) is 15.6. The van der Waals surface area contributed by atoms with E-state index in [9.17, 15) is 9.59 Å². The van der Waals surface area contributed by atoms with Gasteiger partial charge in [-0.15, -0.1) is 0 Å². The first-order chi connectivity index (χ1) is 11.6. The fourth-order valence-electron chi connectivity index (χ4n) is 3.26. The SMILES string of the molecule is CC(C)(C)CC(C)(C)NC(=O)c1ccccc1C(=O)c1ccccn1. The van der Waals surface area contributed by atoms with Crippen LogP contribution in [-0.4, -0.2) is 22.2 Å². The minimum Gasteiger partial charge on any atom is -0.347 e. The molecule has 0 aliphatic rings. The van der Waals surface area contributed by atoms with Crippen molar-refractivity contribution in [3.8, 4) is 0 Å². The summed E-state index contributed by atoms with van der Waals surface area (Å²) in [5.74, 6) is -0.492. The summed E-state index contributed by atoms with van der Waals surface area (Å²) < 4.78 is 0. The second-order valence-electron chi connectivity index (χ2n) is 8.17. The lowest BCUT2D eigenvalue weighted by molar-refractivity contribution is 0.0883. The Morgan fingerprint density at radius 1 is 0.920 bits per heavy atom. The summed E-state index contributed by atoms with van der Waals surface area (Å²) in [5.41, 5.74) is 0.776. The number of nitrogens with zero attached hydrogens (tertiary/aromatic N) is 1. The van der Waals surface area contributed by atoms with Crippen molar-refractivity contribution in [1.82, 2.24) is 10.3 Å². The number of hydrogen-bond acceptors (Lipinski definition) is 3. The first-order valence-corrected chi connectivity index (χ1v) is 8.46. The molecule has 4 heteroatoms. The maximum atomic E-state index is 12.8. The van der Waals surface area contributed by atoms with E-state index < -0.39 is 0 Å². The average Bonchev–Trinajstić information content (AvgIpc) is 2.52. The molecule has 25 heavy (non-hydrogen) atoms. The molecule has 0 atom stereocenters. The molecule has 0 unspecified atom stereocenters. The molecule has 2 rings (SSSR count). The first kappa shape index (κ1) is 18.8. The monoisotopic (exact) mass is 338 g/mol. The minimum absolute atomic E-state index is 0.0834. The van der Waals surface area contributed by atoms with Crippen molar-refractivity contribution in [2.75, 3.05) is 0 Å². The molecule has 1 aromatic carbocycles. The van der Waals surface area contributed by atoms with Crippen molar-refractivity contribution in [2.45, 2.75) is 46.6 Å². The third-order valence-electron chi connectivity index (χ3n) is 3.74. The molecule has 132 valence electrons. The van der Waals surface area contributed by atoms with Gasteiger partial charge in [0.15, 0.2) is 0 Å². The van der Waals surface area contributed by atoms with Crippen LogP contribution in [0.25, 0.3) is 0 Å². The van der Waals surface area contributed by atoms with E-state index in [0.717, 1.165) is 6.42 Å². The van der Waals surface area contributed by atoms with Crippen LogP contribution >= 0.6 is 0 Å². The highest BCUT2D eigenvalue weighted by Gasteiger charge is 2.28. The lowest BCUT2D eigenvalue weighted by Crippen LogP contribution is -2.46. The summed E-state index contributed by atoms with van der Waals surface area (Å²) in [7, 11) is 0. The fourth-order valence-corrected chi connectivity index (χ4v) is 3.26. The molecule has 0 aliphatic heterocycles. The predicted molar refractivity (Wildman–Crippen MR) is 99.7 cm³/mol. The van der Waals surface area contributed by atoms with Crippen molar-refractivity contribution < 1.29 is 9.59 Å². The van der Waals surface area contributed by atoms with E-state index in [1.54, 1.807) is 48.7 Å². The molecule has 1 heterocycles. The van der Waals surface area contributed by atoms with Crippen LogP contribution in [-0.2, 0) is 0 Å². The molecule has 4 nitrogen and oxygen atoms in total. The second kappa shape index (κ2) is 7.18. The Morgan fingerprint density at radius 3 is 2.08 bits per heavy atom. The van der Waals surface area contributed by atoms with Gasteiger partial charge in [-0.1, -0.05) is 45.0 Å². The highest BCUT2D eigenvalue weighted by molar-refractivity contribution is 6.14. The summed E-state index contributed by atoms with van der Waals surface area (Å²) in [4.78, 5) is 29.6. The number of pyridine rings is 1. The van der Waals surface area contributed by atoms with Crippen molar-refractivity contribution in [2.24, 2.45) is 5.41 Å². The van der Waals surface area contributed by atoms with E-state index in [1.807, 2.05) is 13.8 Å². The molecular formula is C21H26N2O2. The van der Waals surface area contributed by atoms with Gasteiger partial charge in [0.05, 0.1) is 5.56 Å². The van der Waals surface area contributed by atoms with E-state index in [1.165, 1.54) is 0 Å². The number of nitrogens with one attached hydrogen (secondary N) is 1. The van der Waals surface area contributed by atoms with Gasteiger partial charge >= 0.3 is 0 Å². The predicted octanol–water partition coefficient (Wildman–Crippen LogP) is 4.26. The Balaban J connectivity index is 2.28. The maximum absolute atomic E-state index is 12.8. The second-order valence-corrected chi connectivity index (χ2v) is 8.17. The van der Waals surface area contributed by atoms with Crippen molar-refractivity contribution in [1.29, 1.82) is 0 Å². The number of aromatic nitrogens is 1. The van der Waals surface area contributed by atoms with Crippen LogP contribution in [0, 0.1) is 5.41 Å². The van der Waals surface area contributed by atoms with Crippen molar-refractivity contribution >= 4 is 11.7 Å². The van der Waals surface area contributed by atoms with Gasteiger partial charge in [0, 0.05) is 17.3 Å². The summed E-state index contributed by atoms with van der Waals surface area (Å²) in [6, 6.07) is 12.0. The number of rotatable bonds is 5. The molecular weight excluding hydrogens is 312 g/mol. The zero-order chi connectivity index (χ0) is 18.7. The molecule has 2 aromatic rings. The maximum Gasteiger partial charge on any atom is 0.252 e. The Bertz CT molecular complexity index is 759. The van der Waals surface area contributed by atoms with Crippen LogP contribution in [0.1, 0.15) is 67.4 Å². The van der Waals surface area contributed by atoms with Gasteiger partial charge in [0.25, 0.3) is 5.91 Å². The summed E-state index contributed by atoms with van der Waals surface area (Å²) in [6.45, 7) is 10.4. The standard InChI is InChI=1S/C21H26N2O2/c1-20(2,3)14-21(4,5)23-19(25)16-11-7-6-10-15(16)18(24)17-12-8-9-13-22-17/h6-13H,14H2,1-5H3,(H,23,25). The Labute approximate surface area is 149 Å². The molecule has 1 N–H and O–H groups in total. The van der Waals surface area contributed by atoms with Gasteiger partial charge in [-0.05, 0) is 43.9 Å². The molecule has 0 bridgehead atoms. The van der Waals surface area contributed by atoms with Crippen LogP contribution in [0.5, 0.6) is 0 Å².